The third kappa shape index (κ3) is 1.45. The molecule has 0 spiro atoms. The number of carbonyl (C=O) groups is 1. The summed E-state index contributed by atoms with van der Waals surface area (Å²) in [6.07, 6.45) is 7.05. The molecule has 0 saturated heterocycles. The van der Waals surface area contributed by atoms with Gasteiger partial charge in [-0.25, -0.2) is 4.52 Å². The molecule has 3 aromatic heterocycles. The van der Waals surface area contributed by atoms with Crippen LogP contribution in [-0.4, -0.2) is 30.7 Å². The van der Waals surface area contributed by atoms with E-state index < -0.39 is 0 Å². The van der Waals surface area contributed by atoms with E-state index in [1.807, 2.05) is 0 Å². The Balaban J connectivity index is 2.28. The quantitative estimate of drug-likeness (QED) is 0.653. The molecule has 7 nitrogen and oxygen atoms in total. The molecule has 0 fully saturated rings. The normalized spacial score (nSPS) is 10.9. The zero-order valence-corrected chi connectivity index (χ0v) is 9.49. The number of aryl methyl sites for hydroxylation is 1. The van der Waals surface area contributed by atoms with Crippen LogP contribution in [0.25, 0.3) is 16.8 Å². The Labute approximate surface area is 101 Å². The molecule has 3 rings (SSSR count). The van der Waals surface area contributed by atoms with Gasteiger partial charge in [0.1, 0.15) is 5.52 Å². The van der Waals surface area contributed by atoms with Crippen molar-refractivity contribution in [2.45, 2.75) is 0 Å². The minimum atomic E-state index is -0.351. The van der Waals surface area contributed by atoms with Gasteiger partial charge < -0.3 is 4.98 Å². The molecule has 0 bridgehead atoms. The van der Waals surface area contributed by atoms with Crippen molar-refractivity contribution in [2.24, 2.45) is 7.05 Å². The molecular weight excluding hydrogens is 234 g/mol. The average molecular weight is 243 g/mol. The smallest absolute Gasteiger partial charge is 0.275 e. The SMILES string of the molecule is Cn1cc(-c2cn3ncc(C=O)c3c(=O)[nH]2)cn1. The van der Waals surface area contributed by atoms with Crippen LogP contribution in [0.4, 0.5) is 0 Å². The summed E-state index contributed by atoms with van der Waals surface area (Å²) >= 11 is 0. The van der Waals surface area contributed by atoms with Crippen LogP contribution in [0.5, 0.6) is 0 Å². The summed E-state index contributed by atoms with van der Waals surface area (Å²) in [5, 5.41) is 8.01. The van der Waals surface area contributed by atoms with Crippen LogP contribution >= 0.6 is 0 Å². The summed E-state index contributed by atoms with van der Waals surface area (Å²) in [5.41, 5.74) is 1.54. The molecule has 0 unspecified atom stereocenters. The van der Waals surface area contributed by atoms with Gasteiger partial charge in [0.25, 0.3) is 5.56 Å². The van der Waals surface area contributed by atoms with E-state index in [9.17, 15) is 9.59 Å². The average Bonchev–Trinajstić information content (AvgIpc) is 2.95. The fourth-order valence-electron chi connectivity index (χ4n) is 1.84. The number of H-pyrrole nitrogens is 1. The predicted molar refractivity (Wildman–Crippen MR) is 63.4 cm³/mol. The standard InChI is InChI=1S/C11H9N5O2/c1-15-4-7(2-12-15)9-5-16-10(11(18)14-9)8(6-17)3-13-16/h2-6H,1H3,(H,14,18). The second-order valence-corrected chi connectivity index (χ2v) is 3.91. The van der Waals surface area contributed by atoms with Crippen molar-refractivity contribution in [3.05, 3.63) is 40.7 Å². The third-order valence-corrected chi connectivity index (χ3v) is 2.68. The second-order valence-electron chi connectivity index (χ2n) is 3.91. The number of fused-ring (bicyclic) bond motifs is 1. The number of hydrogen-bond acceptors (Lipinski definition) is 4. The van der Waals surface area contributed by atoms with Gasteiger partial charge in [0.2, 0.25) is 0 Å². The summed E-state index contributed by atoms with van der Waals surface area (Å²) in [4.78, 5) is 25.4. The first-order valence-electron chi connectivity index (χ1n) is 5.24. The molecule has 90 valence electrons. The topological polar surface area (TPSA) is 85.0 Å². The Morgan fingerprint density at radius 3 is 2.78 bits per heavy atom. The number of aromatic amines is 1. The molecule has 3 aromatic rings. The van der Waals surface area contributed by atoms with E-state index in [0.717, 1.165) is 5.56 Å². The highest BCUT2D eigenvalue weighted by atomic mass is 16.1. The number of nitrogens with one attached hydrogen (secondary N) is 1. The summed E-state index contributed by atoms with van der Waals surface area (Å²) in [6.45, 7) is 0. The van der Waals surface area contributed by atoms with E-state index in [-0.39, 0.29) is 16.6 Å². The first-order valence-corrected chi connectivity index (χ1v) is 5.24. The van der Waals surface area contributed by atoms with Crippen LogP contribution in [-0.2, 0) is 7.05 Å². The lowest BCUT2D eigenvalue weighted by Gasteiger charge is -1.99. The molecule has 7 heteroatoms. The third-order valence-electron chi connectivity index (χ3n) is 2.68. The summed E-state index contributed by atoms with van der Waals surface area (Å²) in [6, 6.07) is 0. The van der Waals surface area contributed by atoms with E-state index in [0.29, 0.717) is 12.0 Å². The Bertz CT molecular complexity index is 795. The molecule has 0 radical (unpaired) electrons. The van der Waals surface area contributed by atoms with Gasteiger partial charge in [-0.3, -0.25) is 14.3 Å². The van der Waals surface area contributed by atoms with Crippen molar-refractivity contribution < 1.29 is 4.79 Å². The van der Waals surface area contributed by atoms with Crippen molar-refractivity contribution in [2.75, 3.05) is 0 Å². The number of carbonyl (C=O) groups excluding carboxylic acids is 1. The van der Waals surface area contributed by atoms with Crippen molar-refractivity contribution >= 4 is 11.8 Å². The number of aromatic nitrogens is 5. The summed E-state index contributed by atoms with van der Waals surface area (Å²) < 4.78 is 3.03. The minimum absolute atomic E-state index is 0.248. The lowest BCUT2D eigenvalue weighted by atomic mass is 10.2. The first-order chi connectivity index (χ1) is 8.69. The second kappa shape index (κ2) is 3.66. The van der Waals surface area contributed by atoms with E-state index in [1.54, 1.807) is 30.3 Å². The molecule has 0 aliphatic carbocycles. The fraction of sp³-hybridized carbons (Fsp3) is 0.0909. The van der Waals surface area contributed by atoms with Crippen molar-refractivity contribution in [3.63, 3.8) is 0 Å². The number of rotatable bonds is 2. The molecule has 18 heavy (non-hydrogen) atoms. The van der Waals surface area contributed by atoms with Crippen LogP contribution in [0.3, 0.4) is 0 Å². The lowest BCUT2D eigenvalue weighted by Crippen LogP contribution is -2.12. The van der Waals surface area contributed by atoms with E-state index in [4.69, 9.17) is 0 Å². The maximum absolute atomic E-state index is 11.9. The van der Waals surface area contributed by atoms with E-state index in [2.05, 4.69) is 15.2 Å². The zero-order chi connectivity index (χ0) is 12.7. The fourth-order valence-corrected chi connectivity index (χ4v) is 1.84. The molecule has 0 amide bonds. The largest absolute Gasteiger partial charge is 0.319 e. The highest BCUT2D eigenvalue weighted by Gasteiger charge is 2.10. The summed E-state index contributed by atoms with van der Waals surface area (Å²) in [7, 11) is 1.79. The predicted octanol–water partition coefficient (Wildman–Crippen LogP) is 0.236. The van der Waals surface area contributed by atoms with Crippen LogP contribution < -0.4 is 5.56 Å². The highest BCUT2D eigenvalue weighted by molar-refractivity contribution is 5.85. The van der Waals surface area contributed by atoms with Crippen LogP contribution in [0.2, 0.25) is 0 Å². The van der Waals surface area contributed by atoms with Gasteiger partial charge in [-0.1, -0.05) is 0 Å². The molecule has 0 atom stereocenters. The van der Waals surface area contributed by atoms with Crippen molar-refractivity contribution in [1.82, 2.24) is 24.4 Å². The van der Waals surface area contributed by atoms with Gasteiger partial charge in [0.15, 0.2) is 6.29 Å². The van der Waals surface area contributed by atoms with Gasteiger partial charge in [-0.05, 0) is 0 Å². The van der Waals surface area contributed by atoms with Gasteiger partial charge in [0.05, 0.1) is 29.8 Å². The van der Waals surface area contributed by atoms with Gasteiger partial charge in [0, 0.05) is 18.8 Å². The Morgan fingerprint density at radius 1 is 1.28 bits per heavy atom. The zero-order valence-electron chi connectivity index (χ0n) is 9.49. The monoisotopic (exact) mass is 243 g/mol. The first kappa shape index (κ1) is 10.5. The van der Waals surface area contributed by atoms with Crippen LogP contribution in [0.1, 0.15) is 10.4 Å². The maximum Gasteiger partial charge on any atom is 0.275 e. The minimum Gasteiger partial charge on any atom is -0.319 e. The molecular formula is C11H9N5O2. The lowest BCUT2D eigenvalue weighted by molar-refractivity contribution is 0.112. The molecule has 0 aliphatic rings. The van der Waals surface area contributed by atoms with Gasteiger partial charge >= 0.3 is 0 Å². The molecule has 1 N–H and O–H groups in total. The Hall–Kier alpha value is -2.70. The van der Waals surface area contributed by atoms with Gasteiger partial charge in [-0.15, -0.1) is 0 Å². The molecule has 0 aromatic carbocycles. The Morgan fingerprint density at radius 2 is 2.11 bits per heavy atom. The molecule has 0 saturated carbocycles. The molecule has 0 aliphatic heterocycles. The number of nitrogens with zero attached hydrogens (tertiary/aromatic N) is 4. The summed E-state index contributed by atoms with van der Waals surface area (Å²) in [5.74, 6) is 0. The number of aldehydes is 1. The van der Waals surface area contributed by atoms with Crippen LogP contribution in [0.15, 0.2) is 29.6 Å². The number of hydrogen-bond donors (Lipinski definition) is 1. The van der Waals surface area contributed by atoms with Gasteiger partial charge in [-0.2, -0.15) is 10.2 Å². The molecule has 3 heterocycles. The van der Waals surface area contributed by atoms with Crippen LogP contribution in [0, 0.1) is 0 Å². The van der Waals surface area contributed by atoms with E-state index in [1.165, 1.54) is 10.7 Å². The Kier molecular flexibility index (Phi) is 2.12. The van der Waals surface area contributed by atoms with E-state index >= 15 is 0 Å². The maximum atomic E-state index is 11.9. The van der Waals surface area contributed by atoms with Crippen molar-refractivity contribution in [3.8, 4) is 11.3 Å². The highest BCUT2D eigenvalue weighted by Crippen LogP contribution is 2.14. The van der Waals surface area contributed by atoms with Crippen molar-refractivity contribution in [1.29, 1.82) is 0 Å².